The standard InChI is InChI=1S/C20H15BrN2O/c1-11-2-4-18-15(8-11)20-13(6-7-24-20)19(23-18)16-10-22-17-5-3-12(21)9-14(16)17/h2-5,8-10,22H,6-7H2,1H3. The van der Waals surface area contributed by atoms with E-state index >= 15 is 0 Å². The minimum Gasteiger partial charge on any atom is -0.492 e. The van der Waals surface area contributed by atoms with E-state index in [-0.39, 0.29) is 0 Å². The molecule has 0 saturated carbocycles. The van der Waals surface area contributed by atoms with E-state index < -0.39 is 0 Å². The molecule has 5 rings (SSSR count). The zero-order chi connectivity index (χ0) is 16.3. The number of rotatable bonds is 1. The van der Waals surface area contributed by atoms with E-state index in [1.54, 1.807) is 0 Å². The average Bonchev–Trinajstić information content (AvgIpc) is 3.21. The van der Waals surface area contributed by atoms with Crippen LogP contribution in [-0.4, -0.2) is 16.6 Å². The fourth-order valence-electron chi connectivity index (χ4n) is 3.55. The molecule has 0 spiro atoms. The molecule has 0 atom stereocenters. The third-order valence-electron chi connectivity index (χ3n) is 4.69. The first kappa shape index (κ1) is 14.1. The Bertz CT molecular complexity index is 1110. The molecule has 2 aromatic carbocycles. The van der Waals surface area contributed by atoms with E-state index in [9.17, 15) is 0 Å². The van der Waals surface area contributed by atoms with Gasteiger partial charge >= 0.3 is 0 Å². The summed E-state index contributed by atoms with van der Waals surface area (Å²) in [6.45, 7) is 2.83. The highest BCUT2D eigenvalue weighted by atomic mass is 79.9. The summed E-state index contributed by atoms with van der Waals surface area (Å²) in [6.07, 6.45) is 2.96. The van der Waals surface area contributed by atoms with Crippen LogP contribution in [0.1, 0.15) is 11.1 Å². The minimum absolute atomic E-state index is 0.725. The fourth-order valence-corrected chi connectivity index (χ4v) is 3.91. The molecule has 3 nitrogen and oxygen atoms in total. The lowest BCUT2D eigenvalue weighted by atomic mass is 10.00. The zero-order valence-electron chi connectivity index (χ0n) is 13.2. The van der Waals surface area contributed by atoms with E-state index in [0.29, 0.717) is 0 Å². The number of H-pyrrole nitrogens is 1. The SMILES string of the molecule is Cc1ccc2nc(-c3c[nH]c4ccc(Br)cc34)c3c(c2c1)OCC3. The molecule has 0 aliphatic carbocycles. The number of hydrogen-bond acceptors (Lipinski definition) is 2. The van der Waals surface area contributed by atoms with Gasteiger partial charge in [-0.2, -0.15) is 0 Å². The van der Waals surface area contributed by atoms with E-state index in [4.69, 9.17) is 9.72 Å². The summed E-state index contributed by atoms with van der Waals surface area (Å²) in [4.78, 5) is 8.36. The highest BCUT2D eigenvalue weighted by Gasteiger charge is 2.23. The number of halogens is 1. The number of fused-ring (bicyclic) bond motifs is 4. The topological polar surface area (TPSA) is 37.9 Å². The number of aromatic amines is 1. The van der Waals surface area contributed by atoms with Crippen molar-refractivity contribution in [3.63, 3.8) is 0 Å². The Morgan fingerprint density at radius 2 is 2.04 bits per heavy atom. The Labute approximate surface area is 147 Å². The third kappa shape index (κ3) is 1.99. The Kier molecular flexibility index (Phi) is 2.98. The Morgan fingerprint density at radius 1 is 1.12 bits per heavy atom. The highest BCUT2D eigenvalue weighted by Crippen LogP contribution is 2.41. The van der Waals surface area contributed by atoms with Gasteiger partial charge in [0.05, 0.1) is 17.8 Å². The molecule has 0 amide bonds. The highest BCUT2D eigenvalue weighted by molar-refractivity contribution is 9.10. The molecule has 3 heterocycles. The average molecular weight is 379 g/mol. The van der Waals surface area contributed by atoms with Crippen LogP contribution in [0.5, 0.6) is 5.75 Å². The van der Waals surface area contributed by atoms with E-state index in [2.05, 4.69) is 64.4 Å². The first-order chi connectivity index (χ1) is 11.7. The lowest BCUT2D eigenvalue weighted by Crippen LogP contribution is -1.92. The number of pyridine rings is 1. The van der Waals surface area contributed by atoms with Crippen LogP contribution in [0.2, 0.25) is 0 Å². The largest absolute Gasteiger partial charge is 0.492 e. The van der Waals surface area contributed by atoms with Gasteiger partial charge in [-0.1, -0.05) is 27.6 Å². The van der Waals surface area contributed by atoms with Crippen LogP contribution in [0, 0.1) is 6.92 Å². The predicted octanol–water partition coefficient (Wildman–Crippen LogP) is 5.39. The van der Waals surface area contributed by atoms with Gasteiger partial charge in [0.25, 0.3) is 0 Å². The number of aromatic nitrogens is 2. The summed E-state index contributed by atoms with van der Waals surface area (Å²) < 4.78 is 7.05. The van der Waals surface area contributed by atoms with Crippen molar-refractivity contribution in [1.82, 2.24) is 9.97 Å². The smallest absolute Gasteiger partial charge is 0.134 e. The first-order valence-corrected chi connectivity index (χ1v) is 8.83. The van der Waals surface area contributed by atoms with Crippen LogP contribution >= 0.6 is 15.9 Å². The van der Waals surface area contributed by atoms with Gasteiger partial charge in [-0.25, -0.2) is 4.98 Å². The summed E-state index contributed by atoms with van der Waals surface area (Å²) in [5, 5.41) is 2.30. The van der Waals surface area contributed by atoms with E-state index in [1.807, 2.05) is 6.07 Å². The minimum atomic E-state index is 0.725. The molecule has 4 aromatic rings. The van der Waals surface area contributed by atoms with Crippen molar-refractivity contribution in [1.29, 1.82) is 0 Å². The lowest BCUT2D eigenvalue weighted by Gasteiger charge is -2.10. The molecule has 0 bridgehead atoms. The van der Waals surface area contributed by atoms with Crippen LogP contribution in [0.15, 0.2) is 47.1 Å². The third-order valence-corrected chi connectivity index (χ3v) is 5.18. The summed E-state index contributed by atoms with van der Waals surface area (Å²) in [5.74, 6) is 1.00. The Hall–Kier alpha value is -2.33. The Balaban J connectivity index is 1.86. The van der Waals surface area contributed by atoms with Crippen LogP contribution in [0.25, 0.3) is 33.1 Å². The molecule has 0 fully saturated rings. The molecular weight excluding hydrogens is 364 g/mol. The van der Waals surface area contributed by atoms with Crippen molar-refractivity contribution in [3.8, 4) is 17.0 Å². The molecule has 0 unspecified atom stereocenters. The van der Waals surface area contributed by atoms with Gasteiger partial charge in [-0.05, 0) is 37.3 Å². The zero-order valence-corrected chi connectivity index (χ0v) is 14.8. The second-order valence-electron chi connectivity index (χ2n) is 6.28. The van der Waals surface area contributed by atoms with Crippen LogP contribution in [0.3, 0.4) is 0 Å². The van der Waals surface area contributed by atoms with Crippen LogP contribution in [0.4, 0.5) is 0 Å². The van der Waals surface area contributed by atoms with Crippen molar-refractivity contribution in [2.45, 2.75) is 13.3 Å². The first-order valence-electron chi connectivity index (χ1n) is 8.04. The molecule has 1 aliphatic heterocycles. The fraction of sp³-hybridized carbons (Fsp3) is 0.150. The van der Waals surface area contributed by atoms with Gasteiger partial charge in [0.1, 0.15) is 5.75 Å². The lowest BCUT2D eigenvalue weighted by molar-refractivity contribution is 0.360. The Morgan fingerprint density at radius 3 is 2.96 bits per heavy atom. The molecule has 2 aromatic heterocycles. The van der Waals surface area contributed by atoms with Gasteiger partial charge in [0.15, 0.2) is 0 Å². The maximum absolute atomic E-state index is 5.98. The van der Waals surface area contributed by atoms with Crippen molar-refractivity contribution >= 4 is 37.7 Å². The summed E-state index contributed by atoms with van der Waals surface area (Å²) in [5.41, 5.74) is 6.71. The number of ether oxygens (including phenoxy) is 1. The van der Waals surface area contributed by atoms with Crippen LogP contribution in [-0.2, 0) is 6.42 Å². The maximum atomic E-state index is 5.98. The summed E-state index contributed by atoms with van der Waals surface area (Å²) in [6, 6.07) is 12.6. The summed E-state index contributed by atoms with van der Waals surface area (Å²) in [7, 11) is 0. The van der Waals surface area contributed by atoms with Crippen molar-refractivity contribution in [2.24, 2.45) is 0 Å². The van der Waals surface area contributed by atoms with Gasteiger partial charge in [0.2, 0.25) is 0 Å². The molecule has 0 radical (unpaired) electrons. The molecule has 118 valence electrons. The van der Waals surface area contributed by atoms with Crippen molar-refractivity contribution in [3.05, 3.63) is 58.2 Å². The van der Waals surface area contributed by atoms with Gasteiger partial charge in [0, 0.05) is 44.5 Å². The summed E-state index contributed by atoms with van der Waals surface area (Å²) >= 11 is 3.57. The second-order valence-corrected chi connectivity index (χ2v) is 7.20. The number of benzene rings is 2. The quantitative estimate of drug-likeness (QED) is 0.482. The molecular formula is C20H15BrN2O. The number of nitrogens with zero attached hydrogens (tertiary/aromatic N) is 1. The van der Waals surface area contributed by atoms with Crippen molar-refractivity contribution < 1.29 is 4.74 Å². The van der Waals surface area contributed by atoms with Gasteiger partial charge < -0.3 is 9.72 Å². The van der Waals surface area contributed by atoms with Gasteiger partial charge in [-0.15, -0.1) is 0 Å². The normalized spacial score (nSPS) is 13.4. The number of aryl methyl sites for hydroxylation is 1. The number of nitrogens with one attached hydrogen (secondary N) is 1. The van der Waals surface area contributed by atoms with E-state index in [0.717, 1.165) is 50.9 Å². The monoisotopic (exact) mass is 378 g/mol. The molecule has 24 heavy (non-hydrogen) atoms. The maximum Gasteiger partial charge on any atom is 0.134 e. The molecule has 1 aliphatic rings. The predicted molar refractivity (Wildman–Crippen MR) is 101 cm³/mol. The van der Waals surface area contributed by atoms with Gasteiger partial charge in [-0.3, -0.25) is 0 Å². The van der Waals surface area contributed by atoms with E-state index in [1.165, 1.54) is 16.5 Å². The molecule has 1 N–H and O–H groups in total. The molecule has 4 heteroatoms. The van der Waals surface area contributed by atoms with Crippen molar-refractivity contribution in [2.75, 3.05) is 6.61 Å². The van der Waals surface area contributed by atoms with Crippen LogP contribution < -0.4 is 4.74 Å². The molecule has 0 saturated heterocycles. The number of hydrogen-bond donors (Lipinski definition) is 1. The second kappa shape index (κ2) is 5.08.